The number of pyridine rings is 1. The molecule has 3 saturated heterocycles. The van der Waals surface area contributed by atoms with E-state index in [0.29, 0.717) is 11.4 Å². The number of piperazine rings is 1. The van der Waals surface area contributed by atoms with Crippen LogP contribution in [0.15, 0.2) is 30.7 Å². The van der Waals surface area contributed by atoms with Gasteiger partial charge >= 0.3 is 0 Å². The van der Waals surface area contributed by atoms with Crippen LogP contribution in [0.25, 0.3) is 0 Å². The number of piperidine rings is 1. The highest BCUT2D eigenvalue weighted by Gasteiger charge is 2.47. The molecule has 7 nitrogen and oxygen atoms in total. The van der Waals surface area contributed by atoms with E-state index in [1.54, 1.807) is 12.5 Å². The third-order valence-electron chi connectivity index (χ3n) is 6.11. The van der Waals surface area contributed by atoms with Gasteiger partial charge in [-0.25, -0.2) is 15.0 Å². The molecule has 2 aromatic rings. The van der Waals surface area contributed by atoms with E-state index in [0.717, 1.165) is 43.9 Å². The number of carbonyl (C=O) groups is 1. The lowest BCUT2D eigenvalue weighted by molar-refractivity contribution is 0.00571. The molecule has 0 N–H and O–H groups in total. The van der Waals surface area contributed by atoms with Crippen molar-refractivity contribution in [1.29, 1.82) is 0 Å². The smallest absolute Gasteiger partial charge is 0.256 e. The van der Waals surface area contributed by atoms with Crippen molar-refractivity contribution in [2.75, 3.05) is 18.0 Å². The molecular formula is C21H25N5O2. The first kappa shape index (κ1) is 17.4. The van der Waals surface area contributed by atoms with Gasteiger partial charge in [-0.05, 0) is 45.1 Å². The van der Waals surface area contributed by atoms with Gasteiger partial charge in [-0.2, -0.15) is 0 Å². The van der Waals surface area contributed by atoms with Crippen molar-refractivity contribution in [1.82, 2.24) is 19.9 Å². The molecule has 2 atom stereocenters. The van der Waals surface area contributed by atoms with Gasteiger partial charge in [0.1, 0.15) is 18.2 Å². The van der Waals surface area contributed by atoms with Crippen LogP contribution in [-0.2, 0) is 0 Å². The second-order valence-corrected chi connectivity index (χ2v) is 8.09. The zero-order valence-electron chi connectivity index (χ0n) is 16.1. The molecule has 28 heavy (non-hydrogen) atoms. The highest BCUT2D eigenvalue weighted by Crippen LogP contribution is 2.35. The molecule has 2 unspecified atom stereocenters. The number of amides is 1. The van der Waals surface area contributed by atoms with Crippen LogP contribution in [0.4, 0.5) is 5.82 Å². The minimum atomic E-state index is 0.0692. The molecule has 0 spiro atoms. The second kappa shape index (κ2) is 7.04. The van der Waals surface area contributed by atoms with Gasteiger partial charge in [-0.3, -0.25) is 4.79 Å². The molecule has 6 rings (SSSR count). The first-order chi connectivity index (χ1) is 13.7. The summed E-state index contributed by atoms with van der Waals surface area (Å²) in [6, 6.07) is 6.15. The lowest BCUT2D eigenvalue weighted by Crippen LogP contribution is -2.70. The molecule has 5 heterocycles. The molecule has 1 aliphatic carbocycles. The molecule has 0 radical (unpaired) electrons. The van der Waals surface area contributed by atoms with E-state index in [9.17, 15) is 4.79 Å². The van der Waals surface area contributed by atoms with Crippen LogP contribution >= 0.6 is 0 Å². The summed E-state index contributed by atoms with van der Waals surface area (Å²) in [6.07, 6.45) is 9.25. The predicted octanol–water partition coefficient (Wildman–Crippen LogP) is 2.60. The van der Waals surface area contributed by atoms with Crippen molar-refractivity contribution in [2.24, 2.45) is 0 Å². The summed E-state index contributed by atoms with van der Waals surface area (Å²) in [7, 11) is 0. The monoisotopic (exact) mass is 379 g/mol. The maximum Gasteiger partial charge on any atom is 0.256 e. The highest BCUT2D eigenvalue weighted by molar-refractivity contribution is 5.95. The van der Waals surface area contributed by atoms with Gasteiger partial charge < -0.3 is 14.5 Å². The fraction of sp³-hybridized carbons (Fsp3) is 0.524. The number of aryl methyl sites for hydroxylation is 1. The number of nitrogens with zero attached hydrogens (tertiary/aromatic N) is 5. The van der Waals surface area contributed by atoms with Crippen LogP contribution in [0.2, 0.25) is 0 Å². The van der Waals surface area contributed by atoms with E-state index in [4.69, 9.17) is 4.74 Å². The summed E-state index contributed by atoms with van der Waals surface area (Å²) in [5.74, 6) is 1.64. The highest BCUT2D eigenvalue weighted by atomic mass is 16.5. The van der Waals surface area contributed by atoms with E-state index in [1.165, 1.54) is 12.8 Å². The third-order valence-corrected chi connectivity index (χ3v) is 6.11. The number of rotatable bonds is 4. The number of carbonyl (C=O) groups excluding carboxylic acids is 1. The Labute approximate surface area is 164 Å². The topological polar surface area (TPSA) is 71.5 Å². The number of ether oxygens (including phenoxy) is 1. The van der Waals surface area contributed by atoms with E-state index < -0.39 is 0 Å². The van der Waals surface area contributed by atoms with Gasteiger partial charge in [0, 0.05) is 37.1 Å². The van der Waals surface area contributed by atoms with Crippen LogP contribution in [0, 0.1) is 6.92 Å². The van der Waals surface area contributed by atoms with Crippen molar-refractivity contribution in [3.8, 4) is 5.88 Å². The molecule has 146 valence electrons. The van der Waals surface area contributed by atoms with E-state index in [-0.39, 0.29) is 24.1 Å². The molecule has 0 aromatic carbocycles. The van der Waals surface area contributed by atoms with Gasteiger partial charge in [0.05, 0.1) is 17.6 Å². The summed E-state index contributed by atoms with van der Waals surface area (Å²) in [5, 5.41) is 0. The first-order valence-corrected chi connectivity index (χ1v) is 10.2. The molecule has 4 fully saturated rings. The number of hydrogen-bond acceptors (Lipinski definition) is 6. The van der Waals surface area contributed by atoms with Crippen LogP contribution in [0.5, 0.6) is 5.88 Å². The van der Waals surface area contributed by atoms with Crippen LogP contribution in [0.1, 0.15) is 48.2 Å². The standard InChI is InChI=1S/C21H25N5O2/c1-14-8-19(24-13-23-14)25-11-16-9-17(12-25)26(16)21(27)15-6-7-20(22-10-15)28-18-4-2-3-5-18/h6-8,10,13,16-18H,2-5,9,11-12H2,1H3. The number of hydrogen-bond donors (Lipinski definition) is 0. The SMILES string of the molecule is Cc1cc(N2CC3CC(C2)N3C(=O)c2ccc(OC3CCCC3)nc2)ncn1. The fourth-order valence-electron chi connectivity index (χ4n) is 4.64. The Bertz CT molecular complexity index is 853. The summed E-state index contributed by atoms with van der Waals surface area (Å²) in [6.45, 7) is 3.60. The fourth-order valence-corrected chi connectivity index (χ4v) is 4.64. The number of fused-ring (bicyclic) bond motifs is 2. The van der Waals surface area contributed by atoms with E-state index in [1.807, 2.05) is 30.0 Å². The quantitative estimate of drug-likeness (QED) is 0.813. The molecule has 4 aliphatic rings. The van der Waals surface area contributed by atoms with E-state index in [2.05, 4.69) is 19.9 Å². The zero-order valence-corrected chi connectivity index (χ0v) is 16.1. The second-order valence-electron chi connectivity index (χ2n) is 8.09. The molecule has 2 aromatic heterocycles. The van der Waals surface area contributed by atoms with Gasteiger partial charge in [-0.1, -0.05) is 0 Å². The van der Waals surface area contributed by atoms with Gasteiger partial charge in [0.15, 0.2) is 0 Å². The Kier molecular flexibility index (Phi) is 4.37. The van der Waals surface area contributed by atoms with Crippen molar-refractivity contribution in [3.05, 3.63) is 42.0 Å². The van der Waals surface area contributed by atoms with Crippen LogP contribution < -0.4 is 9.64 Å². The van der Waals surface area contributed by atoms with Crippen LogP contribution in [-0.4, -0.2) is 57.0 Å². The van der Waals surface area contributed by atoms with Gasteiger partial charge in [0.2, 0.25) is 5.88 Å². The maximum atomic E-state index is 13.0. The zero-order chi connectivity index (χ0) is 19.1. The number of anilines is 1. The van der Waals surface area contributed by atoms with Crippen molar-refractivity contribution < 1.29 is 9.53 Å². The molecule has 2 bridgehead atoms. The maximum absolute atomic E-state index is 13.0. The lowest BCUT2D eigenvalue weighted by atomic mass is 9.86. The predicted molar refractivity (Wildman–Crippen MR) is 104 cm³/mol. The molecule has 3 aliphatic heterocycles. The Morgan fingerprint density at radius 3 is 2.57 bits per heavy atom. The average Bonchev–Trinajstić information content (AvgIpc) is 3.21. The lowest BCUT2D eigenvalue weighted by Gasteiger charge is -2.56. The molecule has 1 amide bonds. The van der Waals surface area contributed by atoms with Crippen molar-refractivity contribution in [2.45, 2.75) is 57.2 Å². The Morgan fingerprint density at radius 2 is 1.89 bits per heavy atom. The largest absolute Gasteiger partial charge is 0.474 e. The minimum Gasteiger partial charge on any atom is -0.474 e. The number of aromatic nitrogens is 3. The Hall–Kier alpha value is -2.70. The Balaban J connectivity index is 1.23. The summed E-state index contributed by atoms with van der Waals surface area (Å²) < 4.78 is 5.90. The molecule has 7 heteroatoms. The average molecular weight is 379 g/mol. The third kappa shape index (κ3) is 3.19. The molecular weight excluding hydrogens is 354 g/mol. The van der Waals surface area contributed by atoms with Crippen molar-refractivity contribution in [3.63, 3.8) is 0 Å². The van der Waals surface area contributed by atoms with Gasteiger partial charge in [-0.15, -0.1) is 0 Å². The Morgan fingerprint density at radius 1 is 1.11 bits per heavy atom. The van der Waals surface area contributed by atoms with E-state index >= 15 is 0 Å². The summed E-state index contributed by atoms with van der Waals surface area (Å²) in [5.41, 5.74) is 1.60. The summed E-state index contributed by atoms with van der Waals surface area (Å²) in [4.78, 5) is 30.2. The molecule has 1 saturated carbocycles. The first-order valence-electron chi connectivity index (χ1n) is 10.2. The van der Waals surface area contributed by atoms with Crippen molar-refractivity contribution >= 4 is 11.7 Å². The minimum absolute atomic E-state index is 0.0692. The van der Waals surface area contributed by atoms with Crippen LogP contribution in [0.3, 0.4) is 0 Å². The normalized spacial score (nSPS) is 24.2. The van der Waals surface area contributed by atoms with Gasteiger partial charge in [0.25, 0.3) is 5.91 Å². The summed E-state index contributed by atoms with van der Waals surface area (Å²) >= 11 is 0.